The fourth-order valence-corrected chi connectivity index (χ4v) is 0.813. The molecule has 0 aliphatic rings. The quantitative estimate of drug-likeness (QED) is 0.682. The van der Waals surface area contributed by atoms with Crippen LogP contribution in [0.5, 0.6) is 0 Å². The molecular weight excluding hydrogens is 160 g/mol. The summed E-state index contributed by atoms with van der Waals surface area (Å²) in [7, 11) is 0. The third-order valence-electron chi connectivity index (χ3n) is 1.27. The normalized spacial score (nSPS) is 8.23. The molecule has 0 amide bonds. The molecule has 0 aliphatic carbocycles. The minimum absolute atomic E-state index is 0.775. The highest BCUT2D eigenvalue weighted by atomic mass is 14.9. The number of allylic oxidation sites excluding steroid dienone is 1. The van der Waals surface area contributed by atoms with Crippen molar-refractivity contribution in [3.05, 3.63) is 36.5 Å². The maximum atomic E-state index is 5.51. The van der Waals surface area contributed by atoms with Gasteiger partial charge in [-0.1, -0.05) is 20.4 Å². The molecule has 0 radical (unpaired) electrons. The molecule has 0 atom stereocenters. The fourth-order valence-electron chi connectivity index (χ4n) is 0.813. The zero-order chi connectivity index (χ0) is 10.3. The van der Waals surface area contributed by atoms with Crippen molar-refractivity contribution in [2.75, 3.05) is 11.1 Å². The predicted octanol–water partition coefficient (Wildman–Crippen LogP) is 3.24. The molecule has 1 aromatic rings. The van der Waals surface area contributed by atoms with Gasteiger partial charge in [0, 0.05) is 17.1 Å². The number of nitrogens with two attached hydrogens (primary N) is 1. The molecule has 2 heteroatoms. The first-order valence-electron chi connectivity index (χ1n) is 4.46. The van der Waals surface area contributed by atoms with Gasteiger partial charge in [0.2, 0.25) is 0 Å². The van der Waals surface area contributed by atoms with E-state index in [2.05, 4.69) is 11.9 Å². The van der Waals surface area contributed by atoms with Gasteiger partial charge < -0.3 is 11.1 Å². The molecule has 1 aromatic carbocycles. The van der Waals surface area contributed by atoms with E-state index in [1.807, 2.05) is 45.0 Å². The summed E-state index contributed by atoms with van der Waals surface area (Å²) in [4.78, 5) is 0. The van der Waals surface area contributed by atoms with Crippen molar-refractivity contribution in [1.29, 1.82) is 0 Å². The second-order valence-electron chi connectivity index (χ2n) is 2.53. The maximum Gasteiger partial charge on any atom is 0.0383 e. The molecule has 72 valence electrons. The van der Waals surface area contributed by atoms with Crippen LogP contribution in [0, 0.1) is 0 Å². The summed E-state index contributed by atoms with van der Waals surface area (Å²) in [6.07, 6.45) is 0. The van der Waals surface area contributed by atoms with Gasteiger partial charge in [-0.2, -0.15) is 0 Å². The summed E-state index contributed by atoms with van der Waals surface area (Å²) < 4.78 is 0. The Kier molecular flexibility index (Phi) is 5.44. The Bertz CT molecular complexity index is 249. The number of hydrogen-bond acceptors (Lipinski definition) is 2. The van der Waals surface area contributed by atoms with E-state index in [4.69, 9.17) is 5.73 Å². The number of benzene rings is 1. The average molecular weight is 178 g/mol. The number of rotatable bonds is 2. The van der Waals surface area contributed by atoms with E-state index < -0.39 is 0 Å². The Hall–Kier alpha value is -1.44. The molecule has 0 unspecified atom stereocenters. The minimum Gasteiger partial charge on any atom is -0.399 e. The minimum atomic E-state index is 0.775. The van der Waals surface area contributed by atoms with E-state index in [0.29, 0.717) is 0 Å². The van der Waals surface area contributed by atoms with Crippen LogP contribution >= 0.6 is 0 Å². The number of nitrogen functional groups attached to an aromatic ring is 1. The third-order valence-corrected chi connectivity index (χ3v) is 1.27. The Morgan fingerprint density at radius 1 is 1.23 bits per heavy atom. The fraction of sp³-hybridized carbons (Fsp3) is 0.273. The highest BCUT2D eigenvalue weighted by Crippen LogP contribution is 2.11. The molecule has 0 fully saturated rings. The van der Waals surface area contributed by atoms with Gasteiger partial charge in [-0.3, -0.25) is 0 Å². The van der Waals surface area contributed by atoms with Crippen LogP contribution in [-0.4, -0.2) is 0 Å². The summed E-state index contributed by atoms with van der Waals surface area (Å²) in [6.45, 7) is 9.64. The van der Waals surface area contributed by atoms with Gasteiger partial charge in [-0.05, 0) is 31.2 Å². The molecular formula is C11H18N2. The van der Waals surface area contributed by atoms with Crippen molar-refractivity contribution in [3.63, 3.8) is 0 Å². The van der Waals surface area contributed by atoms with E-state index in [1.54, 1.807) is 0 Å². The number of anilines is 2. The van der Waals surface area contributed by atoms with Crippen LogP contribution in [0.15, 0.2) is 36.5 Å². The highest BCUT2D eigenvalue weighted by molar-refractivity contribution is 5.53. The Balaban J connectivity index is 0.000000671. The monoisotopic (exact) mass is 178 g/mol. The number of hydrogen-bond donors (Lipinski definition) is 2. The maximum absolute atomic E-state index is 5.51. The Labute approximate surface area is 80.5 Å². The first kappa shape index (κ1) is 11.6. The molecule has 0 saturated carbocycles. The lowest BCUT2D eigenvalue weighted by atomic mass is 10.3. The molecule has 0 bridgehead atoms. The van der Waals surface area contributed by atoms with Crippen molar-refractivity contribution in [2.45, 2.75) is 20.8 Å². The average Bonchev–Trinajstić information content (AvgIpc) is 2.12. The van der Waals surface area contributed by atoms with Crippen LogP contribution in [0.1, 0.15) is 20.8 Å². The standard InChI is InChI=1S/C9H12N2.C2H6/c1-7(2)11-9-5-3-8(10)4-6-9;1-2/h3-6,11H,1,10H2,2H3;1-2H3. The zero-order valence-corrected chi connectivity index (χ0v) is 8.59. The first-order chi connectivity index (χ1) is 6.18. The highest BCUT2D eigenvalue weighted by Gasteiger charge is 1.89. The smallest absolute Gasteiger partial charge is 0.0383 e. The lowest BCUT2D eigenvalue weighted by Crippen LogP contribution is -1.93. The summed E-state index contributed by atoms with van der Waals surface area (Å²) >= 11 is 0. The van der Waals surface area contributed by atoms with Crippen molar-refractivity contribution >= 4 is 11.4 Å². The van der Waals surface area contributed by atoms with Gasteiger partial charge in [-0.25, -0.2) is 0 Å². The van der Waals surface area contributed by atoms with Crippen LogP contribution in [0.2, 0.25) is 0 Å². The van der Waals surface area contributed by atoms with E-state index >= 15 is 0 Å². The molecule has 0 heterocycles. The van der Waals surface area contributed by atoms with E-state index in [0.717, 1.165) is 17.1 Å². The molecule has 0 aliphatic heterocycles. The van der Waals surface area contributed by atoms with Crippen LogP contribution in [-0.2, 0) is 0 Å². The van der Waals surface area contributed by atoms with Crippen molar-refractivity contribution in [1.82, 2.24) is 0 Å². The van der Waals surface area contributed by atoms with Crippen molar-refractivity contribution in [2.24, 2.45) is 0 Å². The van der Waals surface area contributed by atoms with Crippen LogP contribution in [0.4, 0.5) is 11.4 Å². The van der Waals surface area contributed by atoms with Crippen LogP contribution in [0.25, 0.3) is 0 Å². The van der Waals surface area contributed by atoms with Gasteiger partial charge in [0.25, 0.3) is 0 Å². The molecule has 13 heavy (non-hydrogen) atoms. The topological polar surface area (TPSA) is 38.0 Å². The lowest BCUT2D eigenvalue weighted by molar-refractivity contribution is 1.40. The van der Waals surface area contributed by atoms with Gasteiger partial charge in [-0.15, -0.1) is 0 Å². The first-order valence-corrected chi connectivity index (χ1v) is 4.46. The predicted molar refractivity (Wildman–Crippen MR) is 60.6 cm³/mol. The molecule has 0 aromatic heterocycles. The van der Waals surface area contributed by atoms with E-state index in [-0.39, 0.29) is 0 Å². The van der Waals surface area contributed by atoms with Crippen molar-refractivity contribution < 1.29 is 0 Å². The van der Waals surface area contributed by atoms with Crippen molar-refractivity contribution in [3.8, 4) is 0 Å². The molecule has 0 saturated heterocycles. The zero-order valence-electron chi connectivity index (χ0n) is 8.59. The van der Waals surface area contributed by atoms with Gasteiger partial charge in [0.05, 0.1) is 0 Å². The van der Waals surface area contributed by atoms with E-state index in [1.165, 1.54) is 0 Å². The lowest BCUT2D eigenvalue weighted by Gasteiger charge is -2.03. The summed E-state index contributed by atoms with van der Waals surface area (Å²) in [6, 6.07) is 7.55. The van der Waals surface area contributed by atoms with E-state index in [9.17, 15) is 0 Å². The van der Waals surface area contributed by atoms with Gasteiger partial charge in [0.15, 0.2) is 0 Å². The molecule has 2 nitrogen and oxygen atoms in total. The molecule has 3 N–H and O–H groups in total. The third kappa shape index (κ3) is 4.90. The second kappa shape index (κ2) is 6.12. The second-order valence-corrected chi connectivity index (χ2v) is 2.53. The molecule has 1 rings (SSSR count). The SMILES string of the molecule is C=C(C)Nc1ccc(N)cc1.CC. The molecule has 0 spiro atoms. The van der Waals surface area contributed by atoms with Gasteiger partial charge in [0.1, 0.15) is 0 Å². The largest absolute Gasteiger partial charge is 0.399 e. The Morgan fingerprint density at radius 2 is 1.69 bits per heavy atom. The Morgan fingerprint density at radius 3 is 2.08 bits per heavy atom. The summed E-state index contributed by atoms with van der Waals surface area (Å²) in [5, 5.41) is 3.08. The van der Waals surface area contributed by atoms with Crippen LogP contribution in [0.3, 0.4) is 0 Å². The summed E-state index contributed by atoms with van der Waals surface area (Å²) in [5.41, 5.74) is 8.23. The van der Waals surface area contributed by atoms with Gasteiger partial charge >= 0.3 is 0 Å². The summed E-state index contributed by atoms with van der Waals surface area (Å²) in [5.74, 6) is 0. The number of nitrogens with one attached hydrogen (secondary N) is 1. The van der Waals surface area contributed by atoms with Crippen LogP contribution < -0.4 is 11.1 Å².